The predicted molar refractivity (Wildman–Crippen MR) is 153 cm³/mol. The molecule has 38 heavy (non-hydrogen) atoms. The Kier molecular flexibility index (Phi) is 4.39. The van der Waals surface area contributed by atoms with E-state index in [1.54, 1.807) is 6.20 Å². The van der Waals surface area contributed by atoms with Gasteiger partial charge in [0, 0.05) is 29.7 Å². The Labute approximate surface area is 221 Å². The van der Waals surface area contributed by atoms with Crippen LogP contribution in [-0.2, 0) is 0 Å². The lowest BCUT2D eigenvalue weighted by Crippen LogP contribution is -1.95. The number of nitrogens with zero attached hydrogens (tertiary/aromatic N) is 6. The largest absolute Gasteiger partial charge is 0.283 e. The van der Waals surface area contributed by atoms with Crippen LogP contribution in [0.2, 0.25) is 5.02 Å². The molecule has 0 unspecified atom stereocenters. The highest BCUT2D eigenvalue weighted by Crippen LogP contribution is 2.41. The van der Waals surface area contributed by atoms with Gasteiger partial charge in [-0.25, -0.2) is 19.9 Å². The van der Waals surface area contributed by atoms with E-state index in [4.69, 9.17) is 11.6 Å². The third-order valence-corrected chi connectivity index (χ3v) is 7.46. The van der Waals surface area contributed by atoms with Crippen LogP contribution in [0.25, 0.3) is 66.4 Å². The van der Waals surface area contributed by atoms with Gasteiger partial charge in [0.25, 0.3) is 0 Å². The van der Waals surface area contributed by atoms with Gasteiger partial charge in [0.2, 0.25) is 11.6 Å². The van der Waals surface area contributed by atoms with E-state index >= 15 is 0 Å². The molecule has 0 saturated heterocycles. The maximum atomic E-state index is 6.32. The first-order valence-corrected chi connectivity index (χ1v) is 12.7. The van der Waals surface area contributed by atoms with Crippen LogP contribution >= 0.6 is 11.6 Å². The second kappa shape index (κ2) is 7.84. The fourth-order valence-electron chi connectivity index (χ4n) is 5.59. The van der Waals surface area contributed by atoms with Crippen LogP contribution in [0, 0.1) is 6.92 Å². The van der Waals surface area contributed by atoms with E-state index in [0.29, 0.717) is 16.6 Å². The summed E-state index contributed by atoms with van der Waals surface area (Å²) in [5.74, 6) is 1.31. The summed E-state index contributed by atoms with van der Waals surface area (Å²) in [5, 5.41) is 7.55. The zero-order valence-electron chi connectivity index (χ0n) is 20.3. The molecule has 8 rings (SSSR count). The number of aryl methyl sites for hydroxylation is 1. The van der Waals surface area contributed by atoms with Gasteiger partial charge in [-0.15, -0.1) is 0 Å². The van der Waals surface area contributed by atoms with Gasteiger partial charge in [0.05, 0.1) is 35.0 Å². The number of hydrogen-bond donors (Lipinski definition) is 0. The van der Waals surface area contributed by atoms with Crippen molar-refractivity contribution < 1.29 is 0 Å². The highest BCUT2D eigenvalue weighted by atomic mass is 35.5. The second-order valence-electron chi connectivity index (χ2n) is 9.56. The molecular formula is C31H19ClN6. The Balaban J connectivity index is 1.52. The molecule has 0 fully saturated rings. The lowest BCUT2D eigenvalue weighted by Gasteiger charge is -2.15. The smallest absolute Gasteiger partial charge is 0.234 e. The maximum absolute atomic E-state index is 6.32. The van der Waals surface area contributed by atoms with E-state index in [9.17, 15) is 0 Å². The standard InChI is InChI=1S/C31H19ClN6/c1-18-12-33-30-35-14-28(37(30)16-18)26-10-24-21-7-3-5-9-23(21)27(11-25(24)20-6-2-4-8-22(20)26)29-15-36-31-34-13-19(32)17-38(29)31/h2-17H,1H3. The van der Waals surface area contributed by atoms with Gasteiger partial charge in [0.1, 0.15) is 0 Å². The number of halogens is 1. The molecule has 0 saturated carbocycles. The number of rotatable bonds is 2. The molecule has 4 aromatic carbocycles. The third-order valence-electron chi connectivity index (χ3n) is 7.26. The topological polar surface area (TPSA) is 60.4 Å². The summed E-state index contributed by atoms with van der Waals surface area (Å²) >= 11 is 6.32. The van der Waals surface area contributed by atoms with Crippen molar-refractivity contribution in [1.29, 1.82) is 0 Å². The Morgan fingerprint density at radius 1 is 0.553 bits per heavy atom. The Bertz CT molecular complexity index is 2070. The van der Waals surface area contributed by atoms with Crippen LogP contribution in [0.4, 0.5) is 0 Å². The van der Waals surface area contributed by atoms with Gasteiger partial charge in [0.15, 0.2) is 0 Å². The van der Waals surface area contributed by atoms with Crippen LogP contribution < -0.4 is 0 Å². The number of imidazole rings is 2. The van der Waals surface area contributed by atoms with Gasteiger partial charge in [-0.05, 0) is 56.9 Å². The van der Waals surface area contributed by atoms with E-state index < -0.39 is 0 Å². The van der Waals surface area contributed by atoms with Gasteiger partial charge in [-0.2, -0.15) is 0 Å². The molecule has 180 valence electrons. The first-order valence-electron chi connectivity index (χ1n) is 12.3. The van der Waals surface area contributed by atoms with Crippen molar-refractivity contribution >= 4 is 55.5 Å². The number of aromatic nitrogens is 6. The molecule has 4 heterocycles. The van der Waals surface area contributed by atoms with E-state index in [0.717, 1.165) is 38.9 Å². The van der Waals surface area contributed by atoms with Gasteiger partial charge >= 0.3 is 0 Å². The van der Waals surface area contributed by atoms with E-state index in [1.165, 1.54) is 21.5 Å². The molecule has 0 aliphatic carbocycles. The molecule has 0 spiro atoms. The number of hydrogen-bond acceptors (Lipinski definition) is 4. The summed E-state index contributed by atoms with van der Waals surface area (Å²) in [5.41, 5.74) is 5.25. The Hall–Kier alpha value is -4.81. The maximum Gasteiger partial charge on any atom is 0.234 e. The van der Waals surface area contributed by atoms with Crippen LogP contribution in [0.1, 0.15) is 5.56 Å². The van der Waals surface area contributed by atoms with Gasteiger partial charge < -0.3 is 0 Å². The average molecular weight is 511 g/mol. The normalized spacial score (nSPS) is 11.9. The molecule has 0 N–H and O–H groups in total. The second-order valence-corrected chi connectivity index (χ2v) is 10.0. The van der Waals surface area contributed by atoms with Crippen molar-refractivity contribution in [3.05, 3.63) is 108 Å². The molecule has 0 aliphatic heterocycles. The highest BCUT2D eigenvalue weighted by molar-refractivity contribution is 6.30. The van der Waals surface area contributed by atoms with Gasteiger partial charge in [-0.3, -0.25) is 8.80 Å². The molecule has 4 aromatic heterocycles. The monoisotopic (exact) mass is 510 g/mol. The molecule has 8 aromatic rings. The zero-order chi connectivity index (χ0) is 25.4. The summed E-state index contributed by atoms with van der Waals surface area (Å²) in [6, 6.07) is 21.6. The van der Waals surface area contributed by atoms with Crippen LogP contribution in [0.3, 0.4) is 0 Å². The van der Waals surface area contributed by atoms with Crippen LogP contribution in [-0.4, -0.2) is 28.7 Å². The molecule has 6 nitrogen and oxygen atoms in total. The molecule has 0 atom stereocenters. The number of benzene rings is 4. The number of fused-ring (bicyclic) bond motifs is 7. The van der Waals surface area contributed by atoms with Crippen molar-refractivity contribution in [2.24, 2.45) is 0 Å². The van der Waals surface area contributed by atoms with Crippen molar-refractivity contribution in [3.63, 3.8) is 0 Å². The summed E-state index contributed by atoms with van der Waals surface area (Å²) in [7, 11) is 0. The molecule has 0 bridgehead atoms. The third kappa shape index (κ3) is 3.01. The predicted octanol–water partition coefficient (Wildman–Crippen LogP) is 7.53. The quantitative estimate of drug-likeness (QED) is 0.225. The minimum Gasteiger partial charge on any atom is -0.283 e. The van der Waals surface area contributed by atoms with Crippen molar-refractivity contribution in [1.82, 2.24) is 28.7 Å². The van der Waals surface area contributed by atoms with E-state index in [2.05, 4.69) is 91.2 Å². The summed E-state index contributed by atoms with van der Waals surface area (Å²) in [6.45, 7) is 2.05. The first-order chi connectivity index (χ1) is 18.7. The summed E-state index contributed by atoms with van der Waals surface area (Å²) in [6.07, 6.45) is 11.2. The van der Waals surface area contributed by atoms with E-state index in [-0.39, 0.29) is 0 Å². The minimum atomic E-state index is 0.565. The van der Waals surface area contributed by atoms with Crippen molar-refractivity contribution in [2.45, 2.75) is 6.92 Å². The van der Waals surface area contributed by atoms with Crippen molar-refractivity contribution in [2.75, 3.05) is 0 Å². The zero-order valence-corrected chi connectivity index (χ0v) is 21.1. The Morgan fingerprint density at radius 3 is 1.61 bits per heavy atom. The van der Waals surface area contributed by atoms with E-state index in [1.807, 2.05) is 36.1 Å². The fraction of sp³-hybridized carbons (Fsp3) is 0.0323. The lowest BCUT2D eigenvalue weighted by atomic mass is 9.90. The minimum absolute atomic E-state index is 0.565. The molecular weight excluding hydrogens is 492 g/mol. The van der Waals surface area contributed by atoms with Crippen LogP contribution in [0.5, 0.6) is 0 Å². The molecule has 0 amide bonds. The molecule has 0 radical (unpaired) electrons. The SMILES string of the molecule is Cc1cnc2ncc(-c3cc4c5ccccc5c(-c5cnc6ncc(Cl)cn56)cc4c4ccccc34)n2c1. The first kappa shape index (κ1) is 21.3. The molecule has 7 heteroatoms. The van der Waals surface area contributed by atoms with Crippen molar-refractivity contribution in [3.8, 4) is 22.5 Å². The average Bonchev–Trinajstić information content (AvgIpc) is 3.56. The van der Waals surface area contributed by atoms with Crippen LogP contribution in [0.15, 0.2) is 97.8 Å². The van der Waals surface area contributed by atoms with Gasteiger partial charge in [-0.1, -0.05) is 60.1 Å². The summed E-state index contributed by atoms with van der Waals surface area (Å²) < 4.78 is 4.04. The fourth-order valence-corrected chi connectivity index (χ4v) is 5.74. The molecule has 0 aliphatic rings. The lowest BCUT2D eigenvalue weighted by molar-refractivity contribution is 1.08. The Morgan fingerprint density at radius 2 is 1.03 bits per heavy atom. The summed E-state index contributed by atoms with van der Waals surface area (Å²) in [4.78, 5) is 18.1. The highest BCUT2D eigenvalue weighted by Gasteiger charge is 2.18.